The summed E-state index contributed by atoms with van der Waals surface area (Å²) in [7, 11) is 0. The van der Waals surface area contributed by atoms with Crippen LogP contribution in [-0.4, -0.2) is 169 Å². The maximum Gasteiger partial charge on any atom is 0.217 e. The molecule has 1 unspecified atom stereocenters. The number of hydrogen-bond donors (Lipinski definition) is 11. The lowest BCUT2D eigenvalue weighted by Gasteiger charge is -2.48. The van der Waals surface area contributed by atoms with Crippen LogP contribution in [0.15, 0.2) is 0 Å². The molecule has 0 aromatic rings. The molecule has 0 saturated carbocycles. The van der Waals surface area contributed by atoms with E-state index in [9.17, 15) is 55.9 Å². The van der Waals surface area contributed by atoms with Gasteiger partial charge >= 0.3 is 0 Å². The number of carbonyl (C=O) groups is 1. The summed E-state index contributed by atoms with van der Waals surface area (Å²) in [6.45, 7) is -1.25. The van der Waals surface area contributed by atoms with Gasteiger partial charge in [0.05, 0.1) is 19.8 Å². The fourth-order valence-electron chi connectivity index (χ4n) is 4.43. The number of nitrogens with one attached hydrogen (secondary N) is 1. The summed E-state index contributed by atoms with van der Waals surface area (Å²) in [4.78, 5) is 11.7. The van der Waals surface area contributed by atoms with E-state index in [2.05, 4.69) is 5.32 Å². The minimum absolute atomic E-state index is 0.665. The lowest BCUT2D eigenvalue weighted by atomic mass is 9.95. The quantitative estimate of drug-likeness (QED) is 0.135. The predicted octanol–water partition coefficient (Wildman–Crippen LogP) is -7.43. The van der Waals surface area contributed by atoms with Crippen molar-refractivity contribution in [2.45, 2.75) is 99.0 Å². The van der Waals surface area contributed by atoms with Crippen LogP contribution in [-0.2, 0) is 28.5 Å². The first-order valence-electron chi connectivity index (χ1n) is 11.6. The van der Waals surface area contributed by atoms with Crippen molar-refractivity contribution in [3.8, 4) is 0 Å². The normalized spacial score (nSPS) is 49.0. The van der Waals surface area contributed by atoms with Gasteiger partial charge in [0.25, 0.3) is 0 Å². The predicted molar refractivity (Wildman–Crippen MR) is 113 cm³/mol. The van der Waals surface area contributed by atoms with Crippen molar-refractivity contribution in [1.82, 2.24) is 5.32 Å². The van der Waals surface area contributed by atoms with Crippen molar-refractivity contribution in [1.29, 1.82) is 0 Å². The molecule has 3 aliphatic rings. The number of carbonyl (C=O) groups excluding carboxylic acids is 1. The molecule has 0 aromatic carbocycles. The van der Waals surface area contributed by atoms with Gasteiger partial charge in [0.1, 0.15) is 73.2 Å². The second-order valence-corrected chi connectivity index (χ2v) is 9.07. The molecule has 1 amide bonds. The van der Waals surface area contributed by atoms with Gasteiger partial charge in [-0.25, -0.2) is 0 Å². The largest absolute Gasteiger partial charge is 0.394 e. The fourth-order valence-corrected chi connectivity index (χ4v) is 4.43. The molecule has 3 fully saturated rings. The molecule has 3 aliphatic heterocycles. The summed E-state index contributed by atoms with van der Waals surface area (Å²) in [5, 5.41) is 103. The zero-order valence-electron chi connectivity index (χ0n) is 19.7. The SMILES string of the molecule is CC(=O)N[C@H]1[C@H](O[C@@H]2[C@@H](O[C@H]3[C@H](O)[C@@H](CO)OC(O)[C@H]3O)O[C@H](CO)[C@@H](O)[C@@H]2O)O[C@H](CO)[C@@H](O)[C@@H]1O. The Morgan fingerprint density at radius 1 is 0.649 bits per heavy atom. The first-order chi connectivity index (χ1) is 17.4. The van der Waals surface area contributed by atoms with E-state index in [-0.39, 0.29) is 0 Å². The van der Waals surface area contributed by atoms with Gasteiger partial charge in [-0.1, -0.05) is 0 Å². The van der Waals surface area contributed by atoms with E-state index >= 15 is 0 Å². The highest BCUT2D eigenvalue weighted by molar-refractivity contribution is 5.73. The Balaban J connectivity index is 1.90. The zero-order chi connectivity index (χ0) is 27.6. The number of rotatable bonds is 8. The van der Waals surface area contributed by atoms with Crippen molar-refractivity contribution in [2.75, 3.05) is 19.8 Å². The van der Waals surface area contributed by atoms with Crippen LogP contribution >= 0.6 is 0 Å². The number of hydrogen-bond acceptors (Lipinski definition) is 16. The van der Waals surface area contributed by atoms with Crippen molar-refractivity contribution >= 4 is 5.91 Å². The average molecular weight is 545 g/mol. The van der Waals surface area contributed by atoms with E-state index < -0.39 is 118 Å². The van der Waals surface area contributed by atoms with Crippen molar-refractivity contribution in [3.63, 3.8) is 0 Å². The molecule has 0 radical (unpaired) electrons. The molecule has 17 heteroatoms. The van der Waals surface area contributed by atoms with E-state index in [0.717, 1.165) is 6.92 Å². The van der Waals surface area contributed by atoms with E-state index in [1.165, 1.54) is 0 Å². The third-order valence-electron chi connectivity index (χ3n) is 6.50. The summed E-state index contributed by atoms with van der Waals surface area (Å²) in [5.41, 5.74) is 0. The van der Waals surface area contributed by atoms with Crippen LogP contribution in [0.5, 0.6) is 0 Å². The van der Waals surface area contributed by atoms with Crippen LogP contribution in [0.4, 0.5) is 0 Å². The maximum atomic E-state index is 11.7. The van der Waals surface area contributed by atoms with Crippen molar-refractivity contribution in [2.24, 2.45) is 0 Å². The highest BCUT2D eigenvalue weighted by Gasteiger charge is 2.54. The summed E-state index contributed by atoms with van der Waals surface area (Å²) in [5.74, 6) is -0.665. The molecule has 0 bridgehead atoms. The zero-order valence-corrected chi connectivity index (χ0v) is 19.7. The number of ether oxygens (including phenoxy) is 5. The Morgan fingerprint density at radius 2 is 1.14 bits per heavy atom. The number of aliphatic hydroxyl groups excluding tert-OH is 10. The van der Waals surface area contributed by atoms with Gasteiger partial charge in [0.15, 0.2) is 18.9 Å². The van der Waals surface area contributed by atoms with Crippen LogP contribution in [0.25, 0.3) is 0 Å². The number of aliphatic hydroxyl groups is 10. The Hall–Kier alpha value is -1.13. The molecule has 0 aromatic heterocycles. The van der Waals surface area contributed by atoms with Gasteiger partial charge in [0, 0.05) is 6.92 Å². The Morgan fingerprint density at radius 3 is 1.68 bits per heavy atom. The van der Waals surface area contributed by atoms with Gasteiger partial charge in [-0.15, -0.1) is 0 Å². The van der Waals surface area contributed by atoms with Gasteiger partial charge in [0.2, 0.25) is 5.91 Å². The van der Waals surface area contributed by atoms with Crippen LogP contribution in [0.3, 0.4) is 0 Å². The Kier molecular flexibility index (Phi) is 10.5. The molecule has 3 rings (SSSR count). The first-order valence-corrected chi connectivity index (χ1v) is 11.6. The van der Waals surface area contributed by atoms with Gasteiger partial charge in [-0.05, 0) is 0 Å². The van der Waals surface area contributed by atoms with Crippen molar-refractivity contribution < 1.29 is 79.5 Å². The van der Waals surface area contributed by atoms with Crippen LogP contribution < -0.4 is 5.32 Å². The molecule has 17 nitrogen and oxygen atoms in total. The van der Waals surface area contributed by atoms with Gasteiger partial charge < -0.3 is 80.1 Å². The molecule has 0 aliphatic carbocycles. The summed E-state index contributed by atoms with van der Waals surface area (Å²) >= 11 is 0. The first kappa shape index (κ1) is 30.4. The molecule has 0 spiro atoms. The third-order valence-corrected chi connectivity index (χ3v) is 6.50. The second kappa shape index (κ2) is 12.8. The molecular formula is C20H35NO16. The monoisotopic (exact) mass is 545 g/mol. The van der Waals surface area contributed by atoms with Gasteiger partial charge in [-0.2, -0.15) is 0 Å². The fraction of sp³-hybridized carbons (Fsp3) is 0.950. The topological polar surface area (TPSA) is 278 Å². The number of amides is 1. The standard InChI is InChI=1S/C20H35NO16/c1-5(25)21-9-13(29)10(26)6(2-22)34-19(9)37-17-14(30)11(27)7(3-23)35-20(17)36-16-12(28)8(4-24)33-18(32)15(16)31/h6-20,22-24,26-32H,2-4H2,1H3,(H,21,25)/t6-,7-,8-,9-,10-,11-,12-,13-,14+,15+,16+,17+,18?,19+,20-/m1/s1. The molecule has 3 saturated heterocycles. The Bertz CT molecular complexity index is 747. The molecule has 216 valence electrons. The van der Waals surface area contributed by atoms with Gasteiger partial charge in [-0.3, -0.25) is 4.79 Å². The van der Waals surface area contributed by atoms with Crippen LogP contribution in [0, 0.1) is 0 Å². The molecule has 37 heavy (non-hydrogen) atoms. The molecule has 3 heterocycles. The molecular weight excluding hydrogens is 510 g/mol. The third kappa shape index (κ3) is 6.38. The molecule has 15 atom stereocenters. The minimum atomic E-state index is -1.90. The molecule has 11 N–H and O–H groups in total. The lowest BCUT2D eigenvalue weighted by Crippen LogP contribution is -2.68. The van der Waals surface area contributed by atoms with E-state index in [1.807, 2.05) is 0 Å². The second-order valence-electron chi connectivity index (χ2n) is 9.07. The van der Waals surface area contributed by atoms with E-state index in [0.29, 0.717) is 0 Å². The smallest absolute Gasteiger partial charge is 0.217 e. The summed E-state index contributed by atoms with van der Waals surface area (Å²) < 4.78 is 27.1. The maximum absolute atomic E-state index is 11.7. The van der Waals surface area contributed by atoms with Crippen LogP contribution in [0.2, 0.25) is 0 Å². The highest BCUT2D eigenvalue weighted by atomic mass is 16.8. The van der Waals surface area contributed by atoms with E-state index in [1.54, 1.807) is 0 Å². The van der Waals surface area contributed by atoms with Crippen LogP contribution in [0.1, 0.15) is 6.92 Å². The van der Waals surface area contributed by atoms with Crippen molar-refractivity contribution in [3.05, 3.63) is 0 Å². The average Bonchev–Trinajstić information content (AvgIpc) is 2.86. The summed E-state index contributed by atoms with van der Waals surface area (Å²) in [6.07, 6.45) is -23.7. The Labute approximate surface area is 210 Å². The minimum Gasteiger partial charge on any atom is -0.394 e. The lowest BCUT2D eigenvalue weighted by molar-refractivity contribution is -0.380. The summed E-state index contributed by atoms with van der Waals surface area (Å²) in [6, 6.07) is -1.45. The van der Waals surface area contributed by atoms with E-state index in [4.69, 9.17) is 23.7 Å². The highest BCUT2D eigenvalue weighted by Crippen LogP contribution is 2.32.